The van der Waals surface area contributed by atoms with E-state index in [4.69, 9.17) is 14.7 Å². The predicted octanol–water partition coefficient (Wildman–Crippen LogP) is 2.91. The number of benzene rings is 1. The second-order valence-corrected chi connectivity index (χ2v) is 11.8. The molecule has 12 heteroatoms. The maximum Gasteiger partial charge on any atom is 0.162 e. The molecule has 1 saturated heterocycles. The van der Waals surface area contributed by atoms with Crippen molar-refractivity contribution in [1.29, 1.82) is 0 Å². The van der Waals surface area contributed by atoms with Gasteiger partial charge in [-0.3, -0.25) is 9.89 Å². The summed E-state index contributed by atoms with van der Waals surface area (Å²) in [5.41, 5.74) is 2.66. The third-order valence-electron chi connectivity index (χ3n) is 5.64. The molecule has 0 saturated carbocycles. The molecule has 1 fully saturated rings. The Morgan fingerprint density at radius 3 is 2.78 bits per heavy atom. The highest BCUT2D eigenvalue weighted by molar-refractivity contribution is 7.90. The predicted molar refractivity (Wildman–Crippen MR) is 144 cm³/mol. The minimum absolute atomic E-state index is 0.292. The van der Waals surface area contributed by atoms with Gasteiger partial charge in [0, 0.05) is 30.3 Å². The number of aromatic nitrogens is 4. The minimum atomic E-state index is -2.74. The molecule has 1 aliphatic heterocycles. The van der Waals surface area contributed by atoms with Crippen LogP contribution < -0.4 is 10.2 Å². The Bertz CT molecular complexity index is 1430. The van der Waals surface area contributed by atoms with Gasteiger partial charge in [-0.2, -0.15) is 5.10 Å². The number of aldehydes is 1. The van der Waals surface area contributed by atoms with Gasteiger partial charge in [-0.25, -0.2) is 18.4 Å². The zero-order valence-corrected chi connectivity index (χ0v) is 22.0. The Morgan fingerprint density at radius 1 is 1.25 bits per heavy atom. The van der Waals surface area contributed by atoms with Gasteiger partial charge in [0.05, 0.1) is 45.8 Å². The van der Waals surface area contributed by atoms with Gasteiger partial charge < -0.3 is 15.0 Å². The number of anilines is 1. The standard InChI is InChI=1S/C18H15N5O2S.C6H15NO2S/c24-10-11-8-15-16(26-11)18(23-4-6-25-7-5-23)21-17(20-15)12-2-1-3-14-13(12)9-19-22-14;1-3-7-5-4-6-10(2,8)9/h1-3,8-10H,4-7H2,(H,19,22);7H,3-6H2,1-2H3. The molecule has 0 spiro atoms. The molecule has 0 atom stereocenters. The van der Waals surface area contributed by atoms with Crippen molar-refractivity contribution in [2.24, 2.45) is 0 Å². The molecule has 10 nitrogen and oxygen atoms in total. The number of carbonyl (C=O) groups is 1. The Balaban J connectivity index is 0.000000261. The largest absolute Gasteiger partial charge is 0.378 e. The minimum Gasteiger partial charge on any atom is -0.378 e. The lowest BCUT2D eigenvalue weighted by Crippen LogP contribution is -2.36. The highest BCUT2D eigenvalue weighted by Gasteiger charge is 2.21. The van der Waals surface area contributed by atoms with Gasteiger partial charge in [0.1, 0.15) is 9.84 Å². The summed E-state index contributed by atoms with van der Waals surface area (Å²) in [6.07, 6.45) is 4.63. The van der Waals surface area contributed by atoms with Crippen molar-refractivity contribution in [3.05, 3.63) is 35.3 Å². The van der Waals surface area contributed by atoms with Crippen molar-refractivity contribution in [3.63, 3.8) is 0 Å². The summed E-state index contributed by atoms with van der Waals surface area (Å²) in [5, 5.41) is 11.1. The molecule has 0 amide bonds. The maximum atomic E-state index is 11.3. The number of fused-ring (bicyclic) bond motifs is 2. The van der Waals surface area contributed by atoms with Crippen molar-refractivity contribution in [2.75, 3.05) is 56.3 Å². The van der Waals surface area contributed by atoms with E-state index >= 15 is 0 Å². The van der Waals surface area contributed by atoms with Crippen molar-refractivity contribution in [1.82, 2.24) is 25.5 Å². The van der Waals surface area contributed by atoms with Gasteiger partial charge in [-0.05, 0) is 31.6 Å². The summed E-state index contributed by atoms with van der Waals surface area (Å²) in [7, 11) is -2.74. The van der Waals surface area contributed by atoms with Crippen LogP contribution in [0.25, 0.3) is 32.5 Å². The number of nitrogens with zero attached hydrogens (tertiary/aromatic N) is 4. The molecule has 0 bridgehead atoms. The van der Waals surface area contributed by atoms with Crippen LogP contribution in [0.2, 0.25) is 0 Å². The van der Waals surface area contributed by atoms with Crippen LogP contribution in [0, 0.1) is 0 Å². The number of ether oxygens (including phenoxy) is 1. The summed E-state index contributed by atoms with van der Waals surface area (Å²) in [6.45, 7) is 6.59. The first-order chi connectivity index (χ1) is 17.4. The van der Waals surface area contributed by atoms with Crippen molar-refractivity contribution >= 4 is 54.4 Å². The fourth-order valence-electron chi connectivity index (χ4n) is 3.90. The number of nitrogens with one attached hydrogen (secondary N) is 2. The number of morpholine rings is 1. The topological polar surface area (TPSA) is 130 Å². The summed E-state index contributed by atoms with van der Waals surface area (Å²) in [5.74, 6) is 1.80. The number of sulfone groups is 1. The normalized spacial score (nSPS) is 14.1. The third kappa shape index (κ3) is 6.44. The van der Waals surface area contributed by atoms with E-state index in [2.05, 4.69) is 20.4 Å². The lowest BCUT2D eigenvalue weighted by molar-refractivity contribution is 0.112. The molecule has 4 heterocycles. The average molecular weight is 531 g/mol. The molecule has 2 N–H and O–H groups in total. The molecular formula is C24H30N6O4S2. The Hall–Kier alpha value is -2.93. The van der Waals surface area contributed by atoms with E-state index in [-0.39, 0.29) is 0 Å². The van der Waals surface area contributed by atoms with Crippen LogP contribution in [-0.2, 0) is 14.6 Å². The van der Waals surface area contributed by atoms with Gasteiger partial charge in [0.25, 0.3) is 0 Å². The first-order valence-electron chi connectivity index (χ1n) is 11.8. The summed E-state index contributed by atoms with van der Waals surface area (Å²) in [6, 6.07) is 7.76. The van der Waals surface area contributed by atoms with E-state index < -0.39 is 9.84 Å². The number of hydrogen-bond donors (Lipinski definition) is 2. The lowest BCUT2D eigenvalue weighted by atomic mass is 10.1. The van der Waals surface area contributed by atoms with E-state index in [0.29, 0.717) is 36.1 Å². The van der Waals surface area contributed by atoms with Gasteiger partial charge in [-0.15, -0.1) is 11.3 Å². The Kier molecular flexibility index (Phi) is 8.62. The molecule has 0 aliphatic carbocycles. The second kappa shape index (κ2) is 11.9. The molecule has 5 rings (SSSR count). The second-order valence-electron chi connectivity index (χ2n) is 8.43. The maximum absolute atomic E-state index is 11.3. The number of rotatable bonds is 8. The van der Waals surface area contributed by atoms with Crippen LogP contribution in [0.4, 0.5) is 5.82 Å². The number of aromatic amines is 1. The van der Waals surface area contributed by atoms with Crippen LogP contribution in [0.5, 0.6) is 0 Å². The number of carbonyl (C=O) groups excluding carboxylic acids is 1. The van der Waals surface area contributed by atoms with E-state index in [1.54, 1.807) is 6.20 Å². The Labute approximate surface area is 214 Å². The number of hydrogen-bond acceptors (Lipinski definition) is 10. The average Bonchev–Trinajstić information content (AvgIpc) is 3.53. The summed E-state index contributed by atoms with van der Waals surface area (Å²) in [4.78, 5) is 23.8. The lowest BCUT2D eigenvalue weighted by Gasteiger charge is -2.28. The molecule has 0 radical (unpaired) electrons. The van der Waals surface area contributed by atoms with E-state index in [9.17, 15) is 13.2 Å². The summed E-state index contributed by atoms with van der Waals surface area (Å²) >= 11 is 1.43. The zero-order valence-electron chi connectivity index (χ0n) is 20.4. The van der Waals surface area contributed by atoms with Crippen molar-refractivity contribution in [3.8, 4) is 11.4 Å². The molecule has 1 aliphatic rings. The van der Waals surface area contributed by atoms with E-state index in [1.807, 2.05) is 31.2 Å². The van der Waals surface area contributed by atoms with Gasteiger partial charge in [-0.1, -0.05) is 19.1 Å². The smallest absolute Gasteiger partial charge is 0.162 e. The van der Waals surface area contributed by atoms with Crippen LogP contribution in [0.15, 0.2) is 30.5 Å². The van der Waals surface area contributed by atoms with E-state index in [1.165, 1.54) is 17.6 Å². The van der Waals surface area contributed by atoms with Crippen molar-refractivity contribution < 1.29 is 17.9 Å². The van der Waals surface area contributed by atoms with Crippen LogP contribution in [-0.4, -0.2) is 86.3 Å². The molecule has 1 aromatic carbocycles. The van der Waals surface area contributed by atoms with Crippen LogP contribution in [0.1, 0.15) is 23.0 Å². The first kappa shape index (κ1) is 26.1. The van der Waals surface area contributed by atoms with Gasteiger partial charge in [0.15, 0.2) is 17.9 Å². The quantitative estimate of drug-likeness (QED) is 0.261. The zero-order chi connectivity index (χ0) is 25.5. The molecule has 4 aromatic rings. The van der Waals surface area contributed by atoms with Gasteiger partial charge in [0.2, 0.25) is 0 Å². The Morgan fingerprint density at radius 2 is 2.06 bits per heavy atom. The SMILES string of the molecule is CCNCCCS(C)(=O)=O.O=Cc1cc2nc(-c3cccc4[nH]ncc34)nc(N3CCOCC3)c2s1. The first-order valence-corrected chi connectivity index (χ1v) is 14.7. The third-order valence-corrected chi connectivity index (χ3v) is 7.72. The van der Waals surface area contributed by atoms with Gasteiger partial charge >= 0.3 is 0 Å². The van der Waals surface area contributed by atoms with Crippen LogP contribution >= 0.6 is 11.3 Å². The molecule has 0 unspecified atom stereocenters. The fourth-order valence-corrected chi connectivity index (χ4v) is 5.50. The fraction of sp³-hybridized carbons (Fsp3) is 0.417. The summed E-state index contributed by atoms with van der Waals surface area (Å²) < 4.78 is 27.5. The molecule has 192 valence electrons. The van der Waals surface area contributed by atoms with Crippen molar-refractivity contribution in [2.45, 2.75) is 13.3 Å². The highest BCUT2D eigenvalue weighted by atomic mass is 32.2. The molecular weight excluding hydrogens is 500 g/mol. The molecule has 3 aromatic heterocycles. The monoisotopic (exact) mass is 530 g/mol. The molecule has 36 heavy (non-hydrogen) atoms. The number of thiophene rings is 1. The van der Waals surface area contributed by atoms with Crippen LogP contribution in [0.3, 0.4) is 0 Å². The number of H-pyrrole nitrogens is 1. The highest BCUT2D eigenvalue weighted by Crippen LogP contribution is 2.35. The van der Waals surface area contributed by atoms with E-state index in [0.717, 1.165) is 65.0 Å².